The number of aliphatic hydroxyl groups is 3. The summed E-state index contributed by atoms with van der Waals surface area (Å²) in [5.74, 6) is -0.942. The van der Waals surface area contributed by atoms with E-state index in [0.29, 0.717) is 0 Å². The Morgan fingerprint density at radius 1 is 1.40 bits per heavy atom. The van der Waals surface area contributed by atoms with Crippen molar-refractivity contribution in [1.29, 1.82) is 0 Å². The zero-order valence-corrected chi connectivity index (χ0v) is 7.95. The van der Waals surface area contributed by atoms with Crippen LogP contribution in [0.5, 0.6) is 0 Å². The van der Waals surface area contributed by atoms with Gasteiger partial charge in [0.1, 0.15) is 6.10 Å². The van der Waals surface area contributed by atoms with E-state index in [2.05, 4.69) is 4.98 Å². The van der Waals surface area contributed by atoms with Gasteiger partial charge in [-0.25, -0.2) is 4.79 Å². The molecule has 0 bridgehead atoms. The molecule has 84 valence electrons. The summed E-state index contributed by atoms with van der Waals surface area (Å²) in [6.07, 6.45) is 1.89. The van der Waals surface area contributed by atoms with E-state index in [1.54, 1.807) is 6.07 Å². The molecule has 0 radical (unpaired) electrons. The smallest absolute Gasteiger partial charge is 0.337 e. The van der Waals surface area contributed by atoms with Crippen molar-refractivity contribution in [3.05, 3.63) is 30.1 Å². The number of hydrogen-bond acceptors (Lipinski definition) is 5. The third kappa shape index (κ3) is 6.55. The van der Waals surface area contributed by atoms with E-state index < -0.39 is 12.1 Å². The zero-order chi connectivity index (χ0) is 11.7. The van der Waals surface area contributed by atoms with Crippen LogP contribution in [0.25, 0.3) is 0 Å². The van der Waals surface area contributed by atoms with Crippen LogP contribution in [-0.4, -0.2) is 50.7 Å². The second-order valence-corrected chi connectivity index (χ2v) is 2.57. The molecule has 0 aliphatic rings. The normalized spacial score (nSPS) is 9.33. The average molecular weight is 215 g/mol. The van der Waals surface area contributed by atoms with Crippen LogP contribution in [-0.2, 0) is 0 Å². The second kappa shape index (κ2) is 7.86. The summed E-state index contributed by atoms with van der Waals surface area (Å²) in [5.41, 5.74) is 0.220. The molecule has 0 saturated carbocycles. The number of nitrogens with zero attached hydrogens (tertiary/aromatic N) is 1. The van der Waals surface area contributed by atoms with E-state index in [0.717, 1.165) is 0 Å². The van der Waals surface area contributed by atoms with Gasteiger partial charge in [0.05, 0.1) is 18.8 Å². The van der Waals surface area contributed by atoms with Crippen molar-refractivity contribution in [3.8, 4) is 0 Å². The van der Waals surface area contributed by atoms with E-state index in [4.69, 9.17) is 20.4 Å². The highest BCUT2D eigenvalue weighted by Gasteiger charge is 1.97. The summed E-state index contributed by atoms with van der Waals surface area (Å²) in [5, 5.41) is 32.4. The van der Waals surface area contributed by atoms with E-state index in [9.17, 15) is 4.79 Å². The van der Waals surface area contributed by atoms with Gasteiger partial charge >= 0.3 is 5.97 Å². The third-order valence-electron chi connectivity index (χ3n) is 1.33. The molecule has 1 heterocycles. The lowest BCUT2D eigenvalue weighted by Gasteiger charge is -1.96. The number of aliphatic hydroxyl groups excluding tert-OH is 3. The molecule has 1 rings (SSSR count). The molecule has 1 aromatic rings. The standard InChI is InChI=1S/C6H5NO2.C3H8O3/c8-6(9)5-2-1-3-7-4-5;4-1-3(6)2-5/h1-4H,(H,8,9);3-6H,1-2H2. The van der Waals surface area contributed by atoms with Crippen LogP contribution in [0.3, 0.4) is 0 Å². The second-order valence-electron chi connectivity index (χ2n) is 2.57. The lowest BCUT2D eigenvalue weighted by molar-refractivity contribution is 0.0450. The fourth-order valence-corrected chi connectivity index (χ4v) is 0.547. The molecule has 15 heavy (non-hydrogen) atoms. The number of aromatic carboxylic acids is 1. The number of carbonyl (C=O) groups is 1. The summed E-state index contributed by atoms with van der Waals surface area (Å²) in [4.78, 5) is 13.8. The molecular formula is C9H13NO5. The molecule has 0 aliphatic carbocycles. The Morgan fingerprint density at radius 3 is 2.20 bits per heavy atom. The number of hydrogen-bond donors (Lipinski definition) is 4. The van der Waals surface area contributed by atoms with Crippen LogP contribution in [0.15, 0.2) is 24.5 Å². The van der Waals surface area contributed by atoms with Gasteiger partial charge in [-0.2, -0.15) is 0 Å². The molecule has 0 unspecified atom stereocenters. The molecule has 4 N–H and O–H groups in total. The molecule has 0 saturated heterocycles. The molecule has 1 aromatic heterocycles. The largest absolute Gasteiger partial charge is 0.478 e. The van der Waals surface area contributed by atoms with Gasteiger partial charge in [-0.05, 0) is 12.1 Å². The maximum atomic E-state index is 10.2. The average Bonchev–Trinajstić information content (AvgIpc) is 2.30. The van der Waals surface area contributed by atoms with Crippen LogP contribution < -0.4 is 0 Å². The van der Waals surface area contributed by atoms with E-state index >= 15 is 0 Å². The third-order valence-corrected chi connectivity index (χ3v) is 1.33. The number of rotatable bonds is 3. The van der Waals surface area contributed by atoms with E-state index in [1.807, 2.05) is 0 Å². The Labute approximate surface area is 86.5 Å². The summed E-state index contributed by atoms with van der Waals surface area (Å²) in [6, 6.07) is 3.08. The van der Waals surface area contributed by atoms with E-state index in [-0.39, 0.29) is 18.8 Å². The quantitative estimate of drug-likeness (QED) is 0.520. The molecule has 0 atom stereocenters. The monoisotopic (exact) mass is 215 g/mol. The molecule has 0 amide bonds. The van der Waals surface area contributed by atoms with Gasteiger partial charge in [-0.1, -0.05) is 0 Å². The number of carboxylic acid groups (broad SMARTS) is 1. The predicted octanol–water partition coefficient (Wildman–Crippen LogP) is -0.888. The Morgan fingerprint density at radius 2 is 2.00 bits per heavy atom. The highest BCUT2D eigenvalue weighted by molar-refractivity contribution is 5.86. The van der Waals surface area contributed by atoms with Crippen LogP contribution in [0.1, 0.15) is 10.4 Å². The summed E-state index contributed by atoms with van der Waals surface area (Å²) >= 11 is 0. The lowest BCUT2D eigenvalue weighted by atomic mass is 10.3. The van der Waals surface area contributed by atoms with Crippen LogP contribution in [0.4, 0.5) is 0 Å². The number of pyridine rings is 1. The SMILES string of the molecule is O=C(O)c1cccnc1.OCC(O)CO. The molecule has 6 nitrogen and oxygen atoms in total. The van der Waals surface area contributed by atoms with Crippen molar-refractivity contribution >= 4 is 5.97 Å². The van der Waals surface area contributed by atoms with Gasteiger partial charge in [0, 0.05) is 12.4 Å². The van der Waals surface area contributed by atoms with Crippen molar-refractivity contribution in [2.24, 2.45) is 0 Å². The summed E-state index contributed by atoms with van der Waals surface area (Å²) in [6.45, 7) is -0.729. The minimum atomic E-state index is -0.954. The van der Waals surface area contributed by atoms with Gasteiger partial charge < -0.3 is 20.4 Å². The highest BCUT2D eigenvalue weighted by atomic mass is 16.4. The minimum Gasteiger partial charge on any atom is -0.478 e. The fraction of sp³-hybridized carbons (Fsp3) is 0.333. The van der Waals surface area contributed by atoms with Crippen LogP contribution in [0, 0.1) is 0 Å². The Hall–Kier alpha value is -1.50. The number of aromatic nitrogens is 1. The predicted molar refractivity (Wildman–Crippen MR) is 51.4 cm³/mol. The minimum absolute atomic E-state index is 0.220. The molecule has 0 aliphatic heterocycles. The van der Waals surface area contributed by atoms with Crippen molar-refractivity contribution in [2.75, 3.05) is 13.2 Å². The van der Waals surface area contributed by atoms with Gasteiger partial charge in [0.25, 0.3) is 0 Å². The van der Waals surface area contributed by atoms with Gasteiger partial charge in [0.15, 0.2) is 0 Å². The van der Waals surface area contributed by atoms with Crippen molar-refractivity contribution in [2.45, 2.75) is 6.10 Å². The van der Waals surface area contributed by atoms with Crippen molar-refractivity contribution in [1.82, 2.24) is 4.98 Å². The van der Waals surface area contributed by atoms with Gasteiger partial charge in [-0.15, -0.1) is 0 Å². The van der Waals surface area contributed by atoms with Crippen molar-refractivity contribution < 1.29 is 25.2 Å². The first-order valence-corrected chi connectivity index (χ1v) is 4.15. The molecule has 0 spiro atoms. The lowest BCUT2D eigenvalue weighted by Crippen LogP contribution is -2.15. The molecular weight excluding hydrogens is 202 g/mol. The first-order valence-electron chi connectivity index (χ1n) is 4.15. The Bertz CT molecular complexity index is 273. The number of carboxylic acids is 1. The maximum Gasteiger partial charge on any atom is 0.337 e. The topological polar surface area (TPSA) is 111 Å². The van der Waals surface area contributed by atoms with Gasteiger partial charge in [0.2, 0.25) is 0 Å². The van der Waals surface area contributed by atoms with Crippen molar-refractivity contribution in [3.63, 3.8) is 0 Å². The Kier molecular flexibility index (Phi) is 7.08. The summed E-state index contributed by atoms with van der Waals surface area (Å²) in [7, 11) is 0. The van der Waals surface area contributed by atoms with Crippen LogP contribution in [0.2, 0.25) is 0 Å². The van der Waals surface area contributed by atoms with E-state index in [1.165, 1.54) is 18.5 Å². The van der Waals surface area contributed by atoms with Gasteiger partial charge in [-0.3, -0.25) is 4.98 Å². The molecule has 0 fully saturated rings. The molecule has 6 heteroatoms. The Balaban J connectivity index is 0.000000288. The zero-order valence-electron chi connectivity index (χ0n) is 7.95. The maximum absolute atomic E-state index is 10.2. The molecule has 0 aromatic carbocycles. The highest BCUT2D eigenvalue weighted by Crippen LogP contribution is 1.92. The first-order chi connectivity index (χ1) is 7.11. The van der Waals surface area contributed by atoms with Crippen LogP contribution >= 0.6 is 0 Å². The fourth-order valence-electron chi connectivity index (χ4n) is 0.547. The first kappa shape index (κ1) is 13.5. The summed E-state index contributed by atoms with van der Waals surface area (Å²) < 4.78 is 0.